The Hall–Kier alpha value is -2.25. The molecule has 3 heterocycles. The van der Waals surface area contributed by atoms with Gasteiger partial charge >= 0.3 is 0 Å². The van der Waals surface area contributed by atoms with Crippen LogP contribution in [0.3, 0.4) is 0 Å². The van der Waals surface area contributed by atoms with Crippen LogP contribution in [-0.4, -0.2) is 76.7 Å². The number of rotatable bonds is 4. The summed E-state index contributed by atoms with van der Waals surface area (Å²) < 4.78 is 7.50. The number of carbonyl (C=O) groups excluding carboxylic acids is 1. The topological polar surface area (TPSA) is 63.5 Å². The van der Waals surface area contributed by atoms with E-state index in [0.717, 1.165) is 6.54 Å². The van der Waals surface area contributed by atoms with Gasteiger partial charge in [0.05, 0.1) is 12.7 Å². The molecule has 1 amide bonds. The van der Waals surface area contributed by atoms with Crippen molar-refractivity contribution in [3.8, 4) is 5.82 Å². The standard InChI is InChI=1S/C16H21N5O2/c1-19(2)10-13-11-20(8-9-23-13)16(22)14-4-3-5-15(18-14)21-7-6-17-12-21/h3-7,12-13H,8-11H2,1-2H3. The van der Waals surface area contributed by atoms with Gasteiger partial charge in [-0.2, -0.15) is 0 Å². The third-order valence-corrected chi connectivity index (χ3v) is 3.72. The SMILES string of the molecule is CN(C)CC1CN(C(=O)c2cccc(-n3ccnc3)n2)CCO1. The highest BCUT2D eigenvalue weighted by Crippen LogP contribution is 2.12. The van der Waals surface area contributed by atoms with Crippen molar-refractivity contribution >= 4 is 5.91 Å². The normalized spacial score (nSPS) is 18.4. The Morgan fingerprint density at radius 1 is 1.43 bits per heavy atom. The van der Waals surface area contributed by atoms with E-state index in [-0.39, 0.29) is 12.0 Å². The van der Waals surface area contributed by atoms with E-state index in [9.17, 15) is 4.79 Å². The van der Waals surface area contributed by atoms with Crippen LogP contribution in [-0.2, 0) is 4.74 Å². The summed E-state index contributed by atoms with van der Waals surface area (Å²) in [4.78, 5) is 25.1. The first-order chi connectivity index (χ1) is 11.1. The molecule has 0 saturated carbocycles. The van der Waals surface area contributed by atoms with Crippen molar-refractivity contribution < 1.29 is 9.53 Å². The van der Waals surface area contributed by atoms with Crippen LogP contribution in [0.4, 0.5) is 0 Å². The summed E-state index contributed by atoms with van der Waals surface area (Å²) >= 11 is 0. The number of pyridine rings is 1. The van der Waals surface area contributed by atoms with Crippen molar-refractivity contribution in [1.29, 1.82) is 0 Å². The number of hydrogen-bond acceptors (Lipinski definition) is 5. The van der Waals surface area contributed by atoms with E-state index in [4.69, 9.17) is 4.74 Å². The minimum atomic E-state index is -0.0565. The smallest absolute Gasteiger partial charge is 0.272 e. The molecule has 7 nitrogen and oxygen atoms in total. The van der Waals surface area contributed by atoms with E-state index in [2.05, 4.69) is 14.9 Å². The van der Waals surface area contributed by atoms with E-state index >= 15 is 0 Å². The number of imidazole rings is 1. The Kier molecular flexibility index (Phi) is 4.68. The second-order valence-corrected chi connectivity index (χ2v) is 5.86. The minimum absolute atomic E-state index is 0.0412. The van der Waals surface area contributed by atoms with Crippen molar-refractivity contribution in [2.24, 2.45) is 0 Å². The number of morpholine rings is 1. The van der Waals surface area contributed by atoms with Gasteiger partial charge < -0.3 is 14.5 Å². The Bertz CT molecular complexity index is 656. The van der Waals surface area contributed by atoms with E-state index in [1.807, 2.05) is 31.1 Å². The lowest BCUT2D eigenvalue weighted by molar-refractivity contribution is -0.0308. The van der Waals surface area contributed by atoms with Crippen molar-refractivity contribution in [1.82, 2.24) is 24.3 Å². The van der Waals surface area contributed by atoms with Crippen LogP contribution in [0.5, 0.6) is 0 Å². The molecule has 3 rings (SSSR count). The summed E-state index contributed by atoms with van der Waals surface area (Å²) in [6.07, 6.45) is 5.19. The van der Waals surface area contributed by atoms with E-state index in [1.54, 1.807) is 29.4 Å². The Morgan fingerprint density at radius 3 is 3.04 bits per heavy atom. The first kappa shape index (κ1) is 15.6. The molecule has 1 aliphatic rings. The second-order valence-electron chi connectivity index (χ2n) is 5.86. The number of likely N-dealkylation sites (N-methyl/N-ethyl adjacent to an activating group) is 1. The third-order valence-electron chi connectivity index (χ3n) is 3.72. The molecular formula is C16H21N5O2. The maximum Gasteiger partial charge on any atom is 0.272 e. The van der Waals surface area contributed by atoms with Gasteiger partial charge in [-0.05, 0) is 26.2 Å². The lowest BCUT2D eigenvalue weighted by atomic mass is 10.2. The van der Waals surface area contributed by atoms with Crippen LogP contribution in [0.2, 0.25) is 0 Å². The van der Waals surface area contributed by atoms with Crippen LogP contribution in [0.1, 0.15) is 10.5 Å². The highest BCUT2D eigenvalue weighted by molar-refractivity contribution is 5.92. The molecule has 1 atom stereocenters. The van der Waals surface area contributed by atoms with Crippen molar-refractivity contribution in [2.45, 2.75) is 6.10 Å². The molecule has 1 aliphatic heterocycles. The summed E-state index contributed by atoms with van der Waals surface area (Å²) in [5, 5.41) is 0. The van der Waals surface area contributed by atoms with Crippen molar-refractivity contribution in [3.05, 3.63) is 42.6 Å². The maximum atomic E-state index is 12.7. The number of amides is 1. The fourth-order valence-electron chi connectivity index (χ4n) is 2.66. The molecule has 1 saturated heterocycles. The number of aromatic nitrogens is 3. The van der Waals surface area contributed by atoms with Gasteiger partial charge in [0.25, 0.3) is 5.91 Å². The quantitative estimate of drug-likeness (QED) is 0.830. The Balaban J connectivity index is 1.74. The number of ether oxygens (including phenoxy) is 1. The predicted molar refractivity (Wildman–Crippen MR) is 85.6 cm³/mol. The summed E-state index contributed by atoms with van der Waals surface area (Å²) in [6, 6.07) is 5.44. The van der Waals surface area contributed by atoms with Gasteiger partial charge in [-0.15, -0.1) is 0 Å². The molecular weight excluding hydrogens is 294 g/mol. The summed E-state index contributed by atoms with van der Waals surface area (Å²) in [5.41, 5.74) is 0.446. The third kappa shape index (κ3) is 3.75. The molecule has 7 heteroatoms. The second kappa shape index (κ2) is 6.89. The average Bonchev–Trinajstić information content (AvgIpc) is 3.08. The summed E-state index contributed by atoms with van der Waals surface area (Å²) in [6.45, 7) is 2.55. The van der Waals surface area contributed by atoms with Gasteiger partial charge in [-0.25, -0.2) is 9.97 Å². The summed E-state index contributed by atoms with van der Waals surface area (Å²) in [5.74, 6) is 0.630. The highest BCUT2D eigenvalue weighted by atomic mass is 16.5. The monoisotopic (exact) mass is 315 g/mol. The molecule has 0 radical (unpaired) electrons. The highest BCUT2D eigenvalue weighted by Gasteiger charge is 2.26. The molecule has 23 heavy (non-hydrogen) atoms. The molecule has 1 unspecified atom stereocenters. The molecule has 0 aliphatic carbocycles. The van der Waals surface area contributed by atoms with Crippen LogP contribution < -0.4 is 0 Å². The Morgan fingerprint density at radius 2 is 2.30 bits per heavy atom. The fraction of sp³-hybridized carbons (Fsp3) is 0.438. The molecule has 2 aromatic heterocycles. The van der Waals surface area contributed by atoms with Gasteiger partial charge in [0, 0.05) is 32.0 Å². The van der Waals surface area contributed by atoms with Gasteiger partial charge in [-0.3, -0.25) is 9.36 Å². The number of nitrogens with zero attached hydrogens (tertiary/aromatic N) is 5. The van der Waals surface area contributed by atoms with Crippen molar-refractivity contribution in [3.63, 3.8) is 0 Å². The fourth-order valence-corrected chi connectivity index (χ4v) is 2.66. The van der Waals surface area contributed by atoms with E-state index in [1.165, 1.54) is 0 Å². The van der Waals surface area contributed by atoms with Gasteiger partial charge in [0.1, 0.15) is 17.8 Å². The number of carbonyl (C=O) groups is 1. The molecule has 122 valence electrons. The molecule has 0 spiro atoms. The van der Waals surface area contributed by atoms with Crippen molar-refractivity contribution in [2.75, 3.05) is 40.3 Å². The first-order valence-corrected chi connectivity index (χ1v) is 7.64. The molecule has 0 N–H and O–H groups in total. The zero-order chi connectivity index (χ0) is 16.2. The van der Waals surface area contributed by atoms with Crippen LogP contribution in [0.25, 0.3) is 5.82 Å². The predicted octanol–water partition coefficient (Wildman–Crippen LogP) is 0.670. The lowest BCUT2D eigenvalue weighted by Crippen LogP contribution is -2.48. The largest absolute Gasteiger partial charge is 0.373 e. The molecule has 0 aromatic carbocycles. The molecule has 0 bridgehead atoms. The zero-order valence-corrected chi connectivity index (χ0v) is 13.4. The van der Waals surface area contributed by atoms with Crippen LogP contribution in [0.15, 0.2) is 36.9 Å². The van der Waals surface area contributed by atoms with E-state index < -0.39 is 0 Å². The van der Waals surface area contributed by atoms with Gasteiger partial charge in [0.15, 0.2) is 0 Å². The van der Waals surface area contributed by atoms with Crippen LogP contribution >= 0.6 is 0 Å². The zero-order valence-electron chi connectivity index (χ0n) is 13.4. The Labute approximate surface area is 135 Å². The van der Waals surface area contributed by atoms with Crippen LogP contribution in [0, 0.1) is 0 Å². The summed E-state index contributed by atoms with van der Waals surface area (Å²) in [7, 11) is 4.00. The first-order valence-electron chi connectivity index (χ1n) is 7.64. The average molecular weight is 315 g/mol. The molecule has 1 fully saturated rings. The molecule has 2 aromatic rings. The minimum Gasteiger partial charge on any atom is -0.373 e. The number of hydrogen-bond donors (Lipinski definition) is 0. The van der Waals surface area contributed by atoms with Gasteiger partial charge in [0.2, 0.25) is 0 Å². The lowest BCUT2D eigenvalue weighted by Gasteiger charge is -2.34. The maximum absolute atomic E-state index is 12.7. The van der Waals surface area contributed by atoms with E-state index in [0.29, 0.717) is 31.2 Å². The van der Waals surface area contributed by atoms with Gasteiger partial charge in [-0.1, -0.05) is 6.07 Å².